The van der Waals surface area contributed by atoms with Crippen molar-refractivity contribution in [2.75, 3.05) is 0 Å². The van der Waals surface area contributed by atoms with Crippen molar-refractivity contribution >= 4 is 0 Å². The van der Waals surface area contributed by atoms with Gasteiger partial charge in [-0.2, -0.15) is 5.10 Å². The smallest absolute Gasteiger partial charge is 0.153 e. The van der Waals surface area contributed by atoms with Crippen LogP contribution >= 0.6 is 0 Å². The minimum absolute atomic E-state index is 0.0102. The van der Waals surface area contributed by atoms with Gasteiger partial charge in [0.25, 0.3) is 0 Å². The highest BCUT2D eigenvalue weighted by Crippen LogP contribution is 2.40. The molecule has 0 radical (unpaired) electrons. The summed E-state index contributed by atoms with van der Waals surface area (Å²) >= 11 is 0. The summed E-state index contributed by atoms with van der Waals surface area (Å²) in [7, 11) is 0. The summed E-state index contributed by atoms with van der Waals surface area (Å²) in [6.45, 7) is 2.69. The van der Waals surface area contributed by atoms with E-state index in [1.807, 2.05) is 6.92 Å². The zero-order chi connectivity index (χ0) is 10.9. The van der Waals surface area contributed by atoms with E-state index in [0.29, 0.717) is 25.1 Å². The zero-order valence-electron chi connectivity index (χ0n) is 9.12. The lowest BCUT2D eigenvalue weighted by atomic mass is 9.81. The summed E-state index contributed by atoms with van der Waals surface area (Å²) in [5.74, 6) is 0. The molecule has 2 N–H and O–H groups in total. The summed E-state index contributed by atoms with van der Waals surface area (Å²) in [4.78, 5) is 0. The third-order valence-electron chi connectivity index (χ3n) is 3.21. The number of halogens is 1. The Labute approximate surface area is 89.5 Å². The molecule has 0 saturated heterocycles. The lowest BCUT2D eigenvalue weighted by Crippen LogP contribution is -2.37. The van der Waals surface area contributed by atoms with E-state index in [2.05, 4.69) is 5.10 Å². The zero-order valence-corrected chi connectivity index (χ0v) is 9.12. The molecule has 84 valence electrons. The van der Waals surface area contributed by atoms with E-state index in [0.717, 1.165) is 12.8 Å². The number of alkyl halides is 1. The second-order valence-corrected chi connectivity index (χ2v) is 4.35. The average molecular weight is 211 g/mol. The maximum Gasteiger partial charge on any atom is 0.153 e. The fourth-order valence-electron chi connectivity index (χ4n) is 2.46. The van der Waals surface area contributed by atoms with E-state index in [-0.39, 0.29) is 6.04 Å². The summed E-state index contributed by atoms with van der Waals surface area (Å²) in [5, 5.41) is 4.12. The van der Waals surface area contributed by atoms with Gasteiger partial charge in [0.15, 0.2) is 5.67 Å². The molecule has 1 aromatic rings. The molecule has 2 atom stereocenters. The number of nitrogens with zero attached hydrogens (tertiary/aromatic N) is 2. The Hall–Kier alpha value is -0.900. The quantitative estimate of drug-likeness (QED) is 0.812. The van der Waals surface area contributed by atoms with E-state index < -0.39 is 5.67 Å². The SMILES string of the molecule is CCn1nccc1C1(F)CCCC(N)C1. The molecule has 2 rings (SSSR count). The molecule has 1 aliphatic rings. The van der Waals surface area contributed by atoms with E-state index in [1.54, 1.807) is 16.9 Å². The molecule has 0 bridgehead atoms. The Morgan fingerprint density at radius 3 is 3.20 bits per heavy atom. The van der Waals surface area contributed by atoms with Gasteiger partial charge >= 0.3 is 0 Å². The first-order valence-electron chi connectivity index (χ1n) is 5.62. The van der Waals surface area contributed by atoms with E-state index in [1.165, 1.54) is 0 Å². The van der Waals surface area contributed by atoms with Crippen molar-refractivity contribution in [2.24, 2.45) is 5.73 Å². The largest absolute Gasteiger partial charge is 0.328 e. The first kappa shape index (κ1) is 10.6. The van der Waals surface area contributed by atoms with Crippen molar-refractivity contribution in [2.45, 2.75) is 50.9 Å². The average Bonchev–Trinajstić information content (AvgIpc) is 2.65. The van der Waals surface area contributed by atoms with E-state index >= 15 is 0 Å². The second-order valence-electron chi connectivity index (χ2n) is 4.35. The van der Waals surface area contributed by atoms with Gasteiger partial charge in [-0.3, -0.25) is 4.68 Å². The van der Waals surface area contributed by atoms with Gasteiger partial charge in [-0.1, -0.05) is 0 Å². The van der Waals surface area contributed by atoms with E-state index in [4.69, 9.17) is 5.73 Å². The van der Waals surface area contributed by atoms with Gasteiger partial charge in [0.2, 0.25) is 0 Å². The van der Waals surface area contributed by atoms with Crippen molar-refractivity contribution in [3.8, 4) is 0 Å². The summed E-state index contributed by atoms with van der Waals surface area (Å²) in [5.41, 5.74) is 5.27. The monoisotopic (exact) mass is 211 g/mol. The Kier molecular flexibility index (Phi) is 2.78. The number of hydrogen-bond donors (Lipinski definition) is 1. The summed E-state index contributed by atoms with van der Waals surface area (Å²) in [6.07, 6.45) is 4.48. The molecular formula is C11H18FN3. The number of hydrogen-bond acceptors (Lipinski definition) is 2. The highest BCUT2D eigenvalue weighted by molar-refractivity contribution is 5.14. The number of aromatic nitrogens is 2. The van der Waals surface area contributed by atoms with Crippen LogP contribution in [-0.2, 0) is 12.2 Å². The molecule has 0 aromatic carbocycles. The van der Waals surface area contributed by atoms with Crippen LogP contribution in [0, 0.1) is 0 Å². The lowest BCUT2D eigenvalue weighted by molar-refractivity contribution is 0.0842. The predicted molar refractivity (Wildman–Crippen MR) is 57.1 cm³/mol. The van der Waals surface area contributed by atoms with Crippen molar-refractivity contribution in [3.05, 3.63) is 18.0 Å². The van der Waals surface area contributed by atoms with Gasteiger partial charge in [-0.25, -0.2) is 4.39 Å². The van der Waals surface area contributed by atoms with Gasteiger partial charge in [-0.05, 0) is 32.3 Å². The van der Waals surface area contributed by atoms with Crippen LogP contribution < -0.4 is 5.73 Å². The molecule has 3 nitrogen and oxygen atoms in total. The molecule has 1 aromatic heterocycles. The van der Waals surface area contributed by atoms with Crippen molar-refractivity contribution < 1.29 is 4.39 Å². The van der Waals surface area contributed by atoms with Crippen molar-refractivity contribution in [1.29, 1.82) is 0 Å². The Bertz CT molecular complexity index is 336. The molecule has 0 spiro atoms. The number of rotatable bonds is 2. The molecule has 1 heterocycles. The van der Waals surface area contributed by atoms with Gasteiger partial charge < -0.3 is 5.73 Å². The second kappa shape index (κ2) is 3.93. The van der Waals surface area contributed by atoms with Crippen LogP contribution in [-0.4, -0.2) is 15.8 Å². The van der Waals surface area contributed by atoms with Crippen LogP contribution in [0.2, 0.25) is 0 Å². The Morgan fingerprint density at radius 2 is 2.53 bits per heavy atom. The molecule has 2 unspecified atom stereocenters. The maximum absolute atomic E-state index is 14.7. The molecule has 0 aliphatic heterocycles. The molecule has 1 aliphatic carbocycles. The van der Waals surface area contributed by atoms with Crippen LogP contribution in [0.4, 0.5) is 4.39 Å². The fraction of sp³-hybridized carbons (Fsp3) is 0.727. The fourth-order valence-corrected chi connectivity index (χ4v) is 2.46. The Balaban J connectivity index is 2.27. The standard InChI is InChI=1S/C11H18FN3/c1-2-15-10(5-7-14-15)11(12)6-3-4-9(13)8-11/h5,7,9H,2-4,6,8,13H2,1H3. The van der Waals surface area contributed by atoms with Gasteiger partial charge in [-0.15, -0.1) is 0 Å². The normalized spacial score (nSPS) is 31.8. The maximum atomic E-state index is 14.7. The minimum atomic E-state index is -1.26. The van der Waals surface area contributed by atoms with Crippen LogP contribution in [0.25, 0.3) is 0 Å². The van der Waals surface area contributed by atoms with Crippen LogP contribution in [0.15, 0.2) is 12.3 Å². The van der Waals surface area contributed by atoms with Crippen LogP contribution in [0.1, 0.15) is 38.3 Å². The molecule has 1 fully saturated rings. The highest BCUT2D eigenvalue weighted by atomic mass is 19.1. The van der Waals surface area contributed by atoms with Crippen LogP contribution in [0.3, 0.4) is 0 Å². The molecule has 0 amide bonds. The van der Waals surface area contributed by atoms with Crippen molar-refractivity contribution in [3.63, 3.8) is 0 Å². The summed E-state index contributed by atoms with van der Waals surface area (Å²) in [6, 6.07) is 1.77. The predicted octanol–water partition coefficient (Wildman–Crippen LogP) is 1.97. The Morgan fingerprint density at radius 1 is 1.73 bits per heavy atom. The number of nitrogens with two attached hydrogens (primary N) is 1. The van der Waals surface area contributed by atoms with Crippen LogP contribution in [0.5, 0.6) is 0 Å². The first-order chi connectivity index (χ1) is 7.15. The minimum Gasteiger partial charge on any atom is -0.328 e. The molecule has 15 heavy (non-hydrogen) atoms. The lowest BCUT2D eigenvalue weighted by Gasteiger charge is -2.33. The molecular weight excluding hydrogens is 193 g/mol. The molecule has 4 heteroatoms. The topological polar surface area (TPSA) is 43.8 Å². The van der Waals surface area contributed by atoms with Gasteiger partial charge in [0, 0.05) is 25.2 Å². The van der Waals surface area contributed by atoms with E-state index in [9.17, 15) is 4.39 Å². The number of aryl methyl sites for hydroxylation is 1. The van der Waals surface area contributed by atoms with Crippen molar-refractivity contribution in [1.82, 2.24) is 9.78 Å². The third kappa shape index (κ3) is 1.91. The van der Waals surface area contributed by atoms with Gasteiger partial charge in [0.05, 0.1) is 5.69 Å². The first-order valence-corrected chi connectivity index (χ1v) is 5.62. The molecule has 1 saturated carbocycles. The highest BCUT2D eigenvalue weighted by Gasteiger charge is 2.39. The van der Waals surface area contributed by atoms with Gasteiger partial charge in [0.1, 0.15) is 0 Å². The third-order valence-corrected chi connectivity index (χ3v) is 3.21. The summed E-state index contributed by atoms with van der Waals surface area (Å²) < 4.78 is 16.4.